The van der Waals surface area contributed by atoms with Crippen molar-refractivity contribution >= 4 is 46.2 Å². The number of anilines is 4. The molecule has 1 aromatic carbocycles. The minimum absolute atomic E-state index is 0.246. The number of aliphatic hydroxyl groups is 1. The van der Waals surface area contributed by atoms with Gasteiger partial charge in [0.25, 0.3) is 17.4 Å². The Morgan fingerprint density at radius 1 is 1.26 bits per heavy atom. The van der Waals surface area contributed by atoms with Crippen LogP contribution in [0, 0.1) is 17.9 Å². The number of nitrogens with one attached hydrogen (secondary N) is 2. The van der Waals surface area contributed by atoms with Crippen LogP contribution in [0.2, 0.25) is 5.02 Å². The number of aliphatic hydroxyl groups excluding tert-OH is 1. The van der Waals surface area contributed by atoms with Crippen LogP contribution in [0.15, 0.2) is 18.3 Å². The molecule has 1 aliphatic carbocycles. The van der Waals surface area contributed by atoms with E-state index in [1.807, 2.05) is 0 Å². The van der Waals surface area contributed by atoms with Crippen LogP contribution in [-0.4, -0.2) is 74.0 Å². The number of halogens is 1. The van der Waals surface area contributed by atoms with Gasteiger partial charge in [-0.25, -0.2) is 4.98 Å². The third-order valence-electron chi connectivity index (χ3n) is 6.74. The second-order valence-electron chi connectivity index (χ2n) is 9.24. The maximum absolute atomic E-state index is 10.1. The Morgan fingerprint density at radius 2 is 2.11 bits per heavy atom. The molecule has 11 nitrogen and oxygen atoms in total. The minimum atomic E-state index is -0.299. The van der Waals surface area contributed by atoms with E-state index in [1.54, 1.807) is 12.1 Å². The molecular weight excluding hydrogens is 468 g/mol. The van der Waals surface area contributed by atoms with E-state index in [2.05, 4.69) is 46.4 Å². The van der Waals surface area contributed by atoms with E-state index in [-0.39, 0.29) is 23.9 Å². The van der Waals surface area contributed by atoms with Crippen molar-refractivity contribution in [2.45, 2.75) is 37.5 Å². The predicted molar refractivity (Wildman–Crippen MR) is 131 cm³/mol. The van der Waals surface area contributed by atoms with Gasteiger partial charge in [-0.3, -0.25) is 4.90 Å². The highest BCUT2D eigenvalue weighted by Crippen LogP contribution is 2.38. The number of fused-ring (bicyclic) bond motifs is 2. The van der Waals surface area contributed by atoms with Gasteiger partial charge in [0.05, 0.1) is 40.3 Å². The number of nitriles is 1. The predicted octanol–water partition coefficient (Wildman–Crippen LogP) is 2.77. The summed E-state index contributed by atoms with van der Waals surface area (Å²) in [6, 6.07) is 6.28. The molecule has 2 aliphatic heterocycles. The minimum Gasteiger partial charge on any atom is -0.392 e. The Morgan fingerprint density at radius 3 is 2.89 bits per heavy atom. The van der Waals surface area contributed by atoms with Gasteiger partial charge in [-0.15, -0.1) is 4.52 Å². The van der Waals surface area contributed by atoms with Crippen LogP contribution < -0.4 is 15.5 Å². The lowest BCUT2D eigenvalue weighted by molar-refractivity contribution is 0.173. The average molecular weight is 491 g/mol. The molecule has 2 atom stereocenters. The monoisotopic (exact) mass is 490 g/mol. The van der Waals surface area contributed by atoms with Crippen LogP contribution in [-0.2, 0) is 0 Å². The fourth-order valence-corrected chi connectivity index (χ4v) is 5.14. The molecule has 4 heterocycles. The fourth-order valence-electron chi connectivity index (χ4n) is 4.87. The lowest BCUT2D eigenvalue weighted by atomic mass is 10.1. The Balaban J connectivity index is 1.35. The lowest BCUT2D eigenvalue weighted by Crippen LogP contribution is -2.50. The summed E-state index contributed by atoms with van der Waals surface area (Å²) in [5, 5.41) is 31.2. The van der Waals surface area contributed by atoms with Gasteiger partial charge in [-0.2, -0.15) is 10.2 Å². The van der Waals surface area contributed by atoms with Gasteiger partial charge in [-0.05, 0) is 31.4 Å². The van der Waals surface area contributed by atoms with Crippen LogP contribution in [0.4, 0.5) is 29.0 Å². The SMILES string of the molecule is [C-]#[N+]c1cnc2c(NC3CC3)nc(Nc3cc(C#N)cc(N4CCN5C[C@H](O)C[C@@H]5C4)c3Cl)nn12. The molecule has 6 rings (SSSR count). The van der Waals surface area contributed by atoms with Gasteiger partial charge in [0, 0.05) is 38.3 Å². The average Bonchev–Trinajstić information content (AvgIpc) is 3.44. The molecule has 0 radical (unpaired) electrons. The number of piperazine rings is 1. The number of rotatable bonds is 5. The number of nitrogens with zero attached hydrogens (tertiary/aromatic N) is 8. The van der Waals surface area contributed by atoms with Crippen molar-refractivity contribution in [3.8, 4) is 6.07 Å². The van der Waals surface area contributed by atoms with Crippen LogP contribution in [0.1, 0.15) is 24.8 Å². The summed E-state index contributed by atoms with van der Waals surface area (Å²) in [6.45, 7) is 10.4. The Labute approximate surface area is 206 Å². The van der Waals surface area contributed by atoms with Crippen LogP contribution in [0.25, 0.3) is 10.5 Å². The third-order valence-corrected chi connectivity index (χ3v) is 7.14. The molecule has 3 fully saturated rings. The van der Waals surface area contributed by atoms with E-state index in [0.29, 0.717) is 40.3 Å². The summed E-state index contributed by atoms with van der Waals surface area (Å²) in [6.07, 6.45) is 4.02. The van der Waals surface area contributed by atoms with Gasteiger partial charge in [0.1, 0.15) is 0 Å². The number of aromatic nitrogens is 4. The molecule has 0 unspecified atom stereocenters. The standard InChI is InChI=1S/C23H23ClN10O/c1-26-19-10-27-22-21(28-14-2-3-14)30-23(31-34(19)22)29-17-6-13(9-25)7-18(20(17)24)33-5-4-32-12-16(35)8-15(32)11-33/h6-7,10,14-16,35H,2-5,8,11-12H2,(H2,28,29,30,31)/t15-,16-/m1/s1. The summed E-state index contributed by atoms with van der Waals surface area (Å²) >= 11 is 6.87. The van der Waals surface area contributed by atoms with E-state index in [9.17, 15) is 10.4 Å². The van der Waals surface area contributed by atoms with Crippen molar-refractivity contribution in [1.29, 1.82) is 5.26 Å². The molecule has 12 heteroatoms. The molecule has 178 valence electrons. The highest BCUT2D eigenvalue weighted by molar-refractivity contribution is 6.36. The Bertz CT molecular complexity index is 1390. The molecule has 2 saturated heterocycles. The summed E-state index contributed by atoms with van der Waals surface area (Å²) in [5.41, 5.74) is 2.22. The van der Waals surface area contributed by atoms with Crippen molar-refractivity contribution in [2.24, 2.45) is 0 Å². The second-order valence-corrected chi connectivity index (χ2v) is 9.62. The van der Waals surface area contributed by atoms with Crippen LogP contribution >= 0.6 is 11.6 Å². The first-order valence-corrected chi connectivity index (χ1v) is 12.0. The second kappa shape index (κ2) is 8.54. The van der Waals surface area contributed by atoms with Crippen molar-refractivity contribution in [1.82, 2.24) is 24.5 Å². The van der Waals surface area contributed by atoms with Crippen LogP contribution in [0.5, 0.6) is 0 Å². The smallest absolute Gasteiger partial charge is 0.275 e. The molecule has 2 aromatic heterocycles. The van der Waals surface area contributed by atoms with Gasteiger partial charge >= 0.3 is 0 Å². The molecular formula is C23H23ClN10O. The molecule has 0 amide bonds. The molecule has 35 heavy (non-hydrogen) atoms. The van der Waals surface area contributed by atoms with E-state index < -0.39 is 0 Å². The molecule has 1 saturated carbocycles. The van der Waals surface area contributed by atoms with Crippen molar-refractivity contribution < 1.29 is 5.11 Å². The zero-order chi connectivity index (χ0) is 24.1. The number of hydrogen-bond donors (Lipinski definition) is 3. The van der Waals surface area contributed by atoms with Gasteiger partial charge < -0.3 is 25.5 Å². The number of benzene rings is 1. The quantitative estimate of drug-likeness (QED) is 0.463. The van der Waals surface area contributed by atoms with E-state index in [0.717, 1.165) is 44.6 Å². The normalized spacial score (nSPS) is 22.0. The number of hydrogen-bond acceptors (Lipinski definition) is 9. The molecule has 3 aromatic rings. The first kappa shape index (κ1) is 21.9. The highest BCUT2D eigenvalue weighted by atomic mass is 35.5. The lowest BCUT2D eigenvalue weighted by Gasteiger charge is -2.39. The Hall–Kier alpha value is -3.64. The fraction of sp³-hybridized carbons (Fsp3) is 0.435. The zero-order valence-corrected chi connectivity index (χ0v) is 19.6. The number of imidazole rings is 1. The maximum Gasteiger partial charge on any atom is 0.275 e. The molecule has 3 aliphatic rings. The maximum atomic E-state index is 10.1. The zero-order valence-electron chi connectivity index (χ0n) is 18.8. The first-order valence-electron chi connectivity index (χ1n) is 11.6. The molecule has 0 spiro atoms. The largest absolute Gasteiger partial charge is 0.392 e. The van der Waals surface area contributed by atoms with Crippen molar-refractivity contribution in [3.05, 3.63) is 40.3 Å². The van der Waals surface area contributed by atoms with Crippen molar-refractivity contribution in [2.75, 3.05) is 41.7 Å². The molecule has 0 bridgehead atoms. The first-order chi connectivity index (χ1) is 17.0. The van der Waals surface area contributed by atoms with E-state index >= 15 is 0 Å². The summed E-state index contributed by atoms with van der Waals surface area (Å²) in [7, 11) is 0. The molecule has 3 N–H and O–H groups in total. The van der Waals surface area contributed by atoms with Crippen molar-refractivity contribution in [3.63, 3.8) is 0 Å². The van der Waals surface area contributed by atoms with Gasteiger partial charge in [0.15, 0.2) is 5.82 Å². The third kappa shape index (κ3) is 4.08. The summed E-state index contributed by atoms with van der Waals surface area (Å²) in [5.74, 6) is 1.07. The topological polar surface area (TPSA) is 122 Å². The van der Waals surface area contributed by atoms with Gasteiger partial charge in [0.2, 0.25) is 0 Å². The summed E-state index contributed by atoms with van der Waals surface area (Å²) < 4.78 is 1.46. The van der Waals surface area contributed by atoms with Crippen LogP contribution in [0.3, 0.4) is 0 Å². The highest BCUT2D eigenvalue weighted by Gasteiger charge is 2.36. The van der Waals surface area contributed by atoms with Gasteiger partial charge in [-0.1, -0.05) is 23.3 Å². The Kier molecular flexibility index (Phi) is 5.33. The van der Waals surface area contributed by atoms with E-state index in [4.69, 9.17) is 18.2 Å². The van der Waals surface area contributed by atoms with E-state index in [1.165, 1.54) is 10.7 Å². The summed E-state index contributed by atoms with van der Waals surface area (Å²) in [4.78, 5) is 16.9.